The SMILES string of the molecule is CC1CC(=O)N(Cc2cc(F)c(C(=O)NC3CCNCC3)cc2O)C1. The largest absolute Gasteiger partial charge is 0.508 e. The molecule has 1 unspecified atom stereocenters. The zero-order valence-electron chi connectivity index (χ0n) is 14.3. The summed E-state index contributed by atoms with van der Waals surface area (Å²) in [5, 5.41) is 16.2. The van der Waals surface area contributed by atoms with Gasteiger partial charge in [-0.3, -0.25) is 9.59 Å². The standard InChI is InChI=1S/C18H24FN3O3/c1-11-6-17(24)22(9-11)10-12-7-15(19)14(8-16(12)23)18(25)21-13-2-4-20-5-3-13/h7-8,11,13,20,23H,2-6,9-10H2,1H3,(H,21,25). The summed E-state index contributed by atoms with van der Waals surface area (Å²) in [4.78, 5) is 25.8. The Morgan fingerprint density at radius 2 is 2.12 bits per heavy atom. The highest BCUT2D eigenvalue weighted by molar-refractivity contribution is 5.95. The number of nitrogens with zero attached hydrogens (tertiary/aromatic N) is 1. The number of hydrogen-bond acceptors (Lipinski definition) is 4. The van der Waals surface area contributed by atoms with Crippen LogP contribution in [0.3, 0.4) is 0 Å². The predicted octanol–water partition coefficient (Wildman–Crippen LogP) is 1.38. The molecular weight excluding hydrogens is 325 g/mol. The second kappa shape index (κ2) is 7.39. The molecule has 0 aromatic heterocycles. The third-order valence-electron chi connectivity index (χ3n) is 4.86. The molecule has 2 fully saturated rings. The minimum absolute atomic E-state index is 0.0000331. The van der Waals surface area contributed by atoms with E-state index < -0.39 is 11.7 Å². The lowest BCUT2D eigenvalue weighted by Crippen LogP contribution is -2.42. The Morgan fingerprint density at radius 1 is 1.40 bits per heavy atom. The topological polar surface area (TPSA) is 81.7 Å². The van der Waals surface area contributed by atoms with Gasteiger partial charge in [0.15, 0.2) is 0 Å². The number of hydrogen-bond donors (Lipinski definition) is 3. The summed E-state index contributed by atoms with van der Waals surface area (Å²) in [6, 6.07) is 2.33. The van der Waals surface area contributed by atoms with E-state index in [1.807, 2.05) is 6.92 Å². The smallest absolute Gasteiger partial charge is 0.254 e. The average Bonchev–Trinajstić information content (AvgIpc) is 2.89. The molecular formula is C18H24FN3O3. The van der Waals surface area contributed by atoms with Crippen molar-refractivity contribution in [2.45, 2.75) is 38.8 Å². The van der Waals surface area contributed by atoms with Crippen LogP contribution in [0.1, 0.15) is 42.1 Å². The van der Waals surface area contributed by atoms with Gasteiger partial charge in [0.05, 0.1) is 5.56 Å². The molecule has 6 nitrogen and oxygen atoms in total. The zero-order chi connectivity index (χ0) is 18.0. The van der Waals surface area contributed by atoms with Gasteiger partial charge in [0.25, 0.3) is 5.91 Å². The van der Waals surface area contributed by atoms with Crippen molar-refractivity contribution in [2.24, 2.45) is 5.92 Å². The Balaban J connectivity index is 1.71. The average molecular weight is 349 g/mol. The summed E-state index contributed by atoms with van der Waals surface area (Å²) in [7, 11) is 0. The van der Waals surface area contributed by atoms with Gasteiger partial charge in [-0.25, -0.2) is 4.39 Å². The first-order chi connectivity index (χ1) is 11.9. The third kappa shape index (κ3) is 4.10. The van der Waals surface area contributed by atoms with E-state index in [4.69, 9.17) is 0 Å². The van der Waals surface area contributed by atoms with Gasteiger partial charge in [-0.1, -0.05) is 6.92 Å². The maximum Gasteiger partial charge on any atom is 0.254 e. The number of phenolic OH excluding ortho intramolecular Hbond substituents is 1. The van der Waals surface area contributed by atoms with Crippen molar-refractivity contribution in [2.75, 3.05) is 19.6 Å². The first-order valence-corrected chi connectivity index (χ1v) is 8.74. The van der Waals surface area contributed by atoms with Crippen molar-refractivity contribution < 1.29 is 19.1 Å². The van der Waals surface area contributed by atoms with E-state index in [1.165, 1.54) is 0 Å². The zero-order valence-corrected chi connectivity index (χ0v) is 14.3. The van der Waals surface area contributed by atoms with Gasteiger partial charge in [0.1, 0.15) is 11.6 Å². The fourth-order valence-electron chi connectivity index (χ4n) is 3.46. The number of amides is 2. The lowest BCUT2D eigenvalue weighted by atomic mass is 10.0. The van der Waals surface area contributed by atoms with Gasteiger partial charge in [-0.15, -0.1) is 0 Å². The van der Waals surface area contributed by atoms with Crippen LogP contribution in [-0.2, 0) is 11.3 Å². The van der Waals surface area contributed by atoms with Crippen molar-refractivity contribution >= 4 is 11.8 Å². The molecule has 7 heteroatoms. The summed E-state index contributed by atoms with van der Waals surface area (Å²) in [6.07, 6.45) is 2.07. The first-order valence-electron chi connectivity index (χ1n) is 8.74. The second-order valence-electron chi connectivity index (χ2n) is 7.04. The maximum atomic E-state index is 14.4. The number of piperidine rings is 1. The molecule has 2 heterocycles. The molecule has 2 aliphatic rings. The third-order valence-corrected chi connectivity index (χ3v) is 4.86. The van der Waals surface area contributed by atoms with E-state index >= 15 is 0 Å². The van der Waals surface area contributed by atoms with Gasteiger partial charge < -0.3 is 20.6 Å². The van der Waals surface area contributed by atoms with Crippen LogP contribution in [0.4, 0.5) is 4.39 Å². The molecule has 2 amide bonds. The number of carbonyl (C=O) groups is 2. The van der Waals surface area contributed by atoms with Crippen LogP contribution in [-0.4, -0.2) is 47.5 Å². The van der Waals surface area contributed by atoms with Gasteiger partial charge in [-0.2, -0.15) is 0 Å². The number of benzene rings is 1. The number of likely N-dealkylation sites (tertiary alicyclic amines) is 1. The number of phenols is 1. The van der Waals surface area contributed by atoms with Gasteiger partial charge >= 0.3 is 0 Å². The van der Waals surface area contributed by atoms with Crippen LogP contribution >= 0.6 is 0 Å². The summed E-state index contributed by atoms with van der Waals surface area (Å²) in [5.41, 5.74) is 0.152. The summed E-state index contributed by atoms with van der Waals surface area (Å²) >= 11 is 0. The van der Waals surface area contributed by atoms with Crippen LogP contribution in [0.25, 0.3) is 0 Å². The van der Waals surface area contributed by atoms with E-state index in [-0.39, 0.29) is 35.7 Å². The van der Waals surface area contributed by atoms with E-state index in [2.05, 4.69) is 10.6 Å². The molecule has 25 heavy (non-hydrogen) atoms. The first kappa shape index (κ1) is 17.7. The van der Waals surface area contributed by atoms with Crippen molar-refractivity contribution in [1.82, 2.24) is 15.5 Å². The van der Waals surface area contributed by atoms with Gasteiger partial charge in [-0.05, 0) is 44.0 Å². The molecule has 0 bridgehead atoms. The predicted molar refractivity (Wildman–Crippen MR) is 90.6 cm³/mol. The highest BCUT2D eigenvalue weighted by Crippen LogP contribution is 2.26. The fourth-order valence-corrected chi connectivity index (χ4v) is 3.46. The fraction of sp³-hybridized carbons (Fsp3) is 0.556. The van der Waals surface area contributed by atoms with E-state index in [9.17, 15) is 19.1 Å². The minimum Gasteiger partial charge on any atom is -0.508 e. The normalized spacial score (nSPS) is 21.6. The van der Waals surface area contributed by atoms with Crippen molar-refractivity contribution in [3.63, 3.8) is 0 Å². The van der Waals surface area contributed by atoms with Gasteiger partial charge in [0.2, 0.25) is 5.91 Å². The summed E-state index contributed by atoms with van der Waals surface area (Å²) in [5.74, 6) is -1.10. The maximum absolute atomic E-state index is 14.4. The highest BCUT2D eigenvalue weighted by Gasteiger charge is 2.28. The molecule has 2 saturated heterocycles. The molecule has 0 spiro atoms. The Morgan fingerprint density at radius 3 is 2.76 bits per heavy atom. The number of halogens is 1. The van der Waals surface area contributed by atoms with E-state index in [0.717, 1.165) is 38.1 Å². The summed E-state index contributed by atoms with van der Waals surface area (Å²) in [6.45, 7) is 4.37. The Hall–Kier alpha value is -2.15. The monoisotopic (exact) mass is 349 g/mol. The molecule has 2 aliphatic heterocycles. The molecule has 0 saturated carbocycles. The van der Waals surface area contributed by atoms with Gasteiger partial charge in [0, 0.05) is 31.1 Å². The van der Waals surface area contributed by atoms with Crippen LogP contribution < -0.4 is 10.6 Å². The number of rotatable bonds is 4. The van der Waals surface area contributed by atoms with E-state index in [1.54, 1.807) is 4.90 Å². The highest BCUT2D eigenvalue weighted by atomic mass is 19.1. The quantitative estimate of drug-likeness (QED) is 0.767. The lowest BCUT2D eigenvalue weighted by molar-refractivity contribution is -0.128. The van der Waals surface area contributed by atoms with Crippen molar-refractivity contribution in [3.05, 3.63) is 29.1 Å². The molecule has 1 atom stereocenters. The molecule has 3 N–H and O–H groups in total. The molecule has 3 rings (SSSR count). The summed E-state index contributed by atoms with van der Waals surface area (Å²) < 4.78 is 14.4. The molecule has 0 radical (unpaired) electrons. The van der Waals surface area contributed by atoms with Crippen LogP contribution in [0.15, 0.2) is 12.1 Å². The number of aromatic hydroxyl groups is 1. The molecule has 1 aromatic carbocycles. The molecule has 136 valence electrons. The molecule has 0 aliphatic carbocycles. The lowest BCUT2D eigenvalue weighted by Gasteiger charge is -2.24. The van der Waals surface area contributed by atoms with Crippen molar-refractivity contribution in [1.29, 1.82) is 0 Å². The Labute approximate surface area is 146 Å². The van der Waals surface area contributed by atoms with Crippen LogP contribution in [0.2, 0.25) is 0 Å². The Bertz CT molecular complexity index is 674. The number of carbonyl (C=O) groups excluding carboxylic acids is 2. The van der Waals surface area contributed by atoms with Crippen LogP contribution in [0, 0.1) is 11.7 Å². The molecule has 1 aromatic rings. The second-order valence-corrected chi connectivity index (χ2v) is 7.04. The number of nitrogens with one attached hydrogen (secondary N) is 2. The minimum atomic E-state index is -0.682. The van der Waals surface area contributed by atoms with Crippen molar-refractivity contribution in [3.8, 4) is 5.75 Å². The van der Waals surface area contributed by atoms with E-state index in [0.29, 0.717) is 18.5 Å². The Kier molecular flexibility index (Phi) is 5.22. The van der Waals surface area contributed by atoms with Crippen LogP contribution in [0.5, 0.6) is 5.75 Å².